The Morgan fingerprint density at radius 2 is 2.15 bits per heavy atom. The van der Waals surface area contributed by atoms with Crippen molar-refractivity contribution in [3.63, 3.8) is 0 Å². The van der Waals surface area contributed by atoms with E-state index in [-0.39, 0.29) is 12.0 Å². The predicted molar refractivity (Wildman–Crippen MR) is 80.8 cm³/mol. The monoisotopic (exact) mass is 274 g/mol. The van der Waals surface area contributed by atoms with Gasteiger partial charge in [-0.05, 0) is 31.4 Å². The molecule has 1 atom stereocenters. The van der Waals surface area contributed by atoms with Gasteiger partial charge in [0, 0.05) is 23.1 Å². The van der Waals surface area contributed by atoms with Gasteiger partial charge in [0.25, 0.3) is 0 Å². The second-order valence-corrected chi connectivity index (χ2v) is 4.96. The van der Waals surface area contributed by atoms with Crippen molar-refractivity contribution < 1.29 is 9.53 Å². The standard InChI is InChI=1S/C16H22N2O2/c1-4-14(16(19)20-3)17-10-9-12-11(2)18-15-8-6-5-7-13(12)15/h5-8,14,17-18H,4,9-10H2,1-3H3/t14-/m0/s1. The van der Waals surface area contributed by atoms with Crippen LogP contribution in [0.2, 0.25) is 0 Å². The highest BCUT2D eigenvalue weighted by molar-refractivity contribution is 5.84. The molecule has 2 N–H and O–H groups in total. The summed E-state index contributed by atoms with van der Waals surface area (Å²) in [5.74, 6) is -0.192. The molecule has 20 heavy (non-hydrogen) atoms. The van der Waals surface area contributed by atoms with E-state index >= 15 is 0 Å². The van der Waals surface area contributed by atoms with Crippen molar-refractivity contribution in [2.24, 2.45) is 0 Å². The van der Waals surface area contributed by atoms with Gasteiger partial charge in [0.15, 0.2) is 0 Å². The van der Waals surface area contributed by atoms with E-state index in [0.29, 0.717) is 0 Å². The van der Waals surface area contributed by atoms with Crippen LogP contribution >= 0.6 is 0 Å². The number of carbonyl (C=O) groups is 1. The fourth-order valence-corrected chi connectivity index (χ4v) is 2.56. The Morgan fingerprint density at radius 3 is 2.85 bits per heavy atom. The van der Waals surface area contributed by atoms with Crippen LogP contribution < -0.4 is 5.32 Å². The molecule has 0 fully saturated rings. The van der Waals surface area contributed by atoms with Crippen molar-refractivity contribution in [3.8, 4) is 0 Å². The zero-order valence-electron chi connectivity index (χ0n) is 12.3. The lowest BCUT2D eigenvalue weighted by Gasteiger charge is -2.14. The maximum absolute atomic E-state index is 11.5. The van der Waals surface area contributed by atoms with E-state index < -0.39 is 0 Å². The first-order chi connectivity index (χ1) is 9.67. The van der Waals surface area contributed by atoms with Crippen molar-refractivity contribution in [2.75, 3.05) is 13.7 Å². The molecule has 2 aromatic rings. The molecule has 0 unspecified atom stereocenters. The molecule has 0 radical (unpaired) electrons. The van der Waals surface area contributed by atoms with Gasteiger partial charge >= 0.3 is 5.97 Å². The number of esters is 1. The number of nitrogens with one attached hydrogen (secondary N) is 2. The molecule has 1 heterocycles. The van der Waals surface area contributed by atoms with Gasteiger partial charge in [0.1, 0.15) is 6.04 Å². The van der Waals surface area contributed by atoms with Crippen LogP contribution in [0.1, 0.15) is 24.6 Å². The highest BCUT2D eigenvalue weighted by Crippen LogP contribution is 2.21. The third-order valence-electron chi connectivity index (χ3n) is 3.69. The number of benzene rings is 1. The lowest BCUT2D eigenvalue weighted by Crippen LogP contribution is -2.38. The van der Waals surface area contributed by atoms with Crippen LogP contribution in [0.5, 0.6) is 0 Å². The first-order valence-electron chi connectivity index (χ1n) is 7.04. The van der Waals surface area contributed by atoms with Gasteiger partial charge in [-0.25, -0.2) is 0 Å². The first-order valence-corrected chi connectivity index (χ1v) is 7.04. The fourth-order valence-electron chi connectivity index (χ4n) is 2.56. The molecule has 2 rings (SSSR count). The summed E-state index contributed by atoms with van der Waals surface area (Å²) in [7, 11) is 1.43. The Kier molecular flexibility index (Phi) is 4.79. The van der Waals surface area contributed by atoms with Crippen molar-refractivity contribution in [1.29, 1.82) is 0 Å². The molecule has 0 aliphatic carbocycles. The zero-order chi connectivity index (χ0) is 14.5. The van der Waals surface area contributed by atoms with Crippen molar-refractivity contribution in [1.82, 2.24) is 10.3 Å². The molecular formula is C16H22N2O2. The molecule has 108 valence electrons. The molecule has 0 saturated heterocycles. The maximum atomic E-state index is 11.5. The summed E-state index contributed by atoms with van der Waals surface area (Å²) in [5.41, 5.74) is 3.67. The van der Waals surface area contributed by atoms with E-state index in [1.165, 1.54) is 29.3 Å². The van der Waals surface area contributed by atoms with Crippen LogP contribution in [0, 0.1) is 6.92 Å². The molecule has 0 spiro atoms. The van der Waals surface area contributed by atoms with Crippen LogP contribution in [0.25, 0.3) is 10.9 Å². The van der Waals surface area contributed by atoms with Crippen molar-refractivity contribution in [2.45, 2.75) is 32.7 Å². The van der Waals surface area contributed by atoms with Gasteiger partial charge in [-0.3, -0.25) is 4.79 Å². The van der Waals surface area contributed by atoms with E-state index in [9.17, 15) is 4.79 Å². The van der Waals surface area contributed by atoms with Crippen LogP contribution in [0.3, 0.4) is 0 Å². The minimum atomic E-state index is -0.217. The average molecular weight is 274 g/mol. The van der Waals surface area contributed by atoms with Crippen LogP contribution in [0.15, 0.2) is 24.3 Å². The molecule has 4 heteroatoms. The van der Waals surface area contributed by atoms with Gasteiger partial charge in [-0.2, -0.15) is 0 Å². The second kappa shape index (κ2) is 6.57. The quantitative estimate of drug-likeness (QED) is 0.796. The number of ether oxygens (including phenoxy) is 1. The Hall–Kier alpha value is -1.81. The van der Waals surface area contributed by atoms with E-state index in [4.69, 9.17) is 4.74 Å². The van der Waals surface area contributed by atoms with E-state index in [0.717, 1.165) is 19.4 Å². The zero-order valence-corrected chi connectivity index (χ0v) is 12.3. The number of aromatic amines is 1. The normalized spacial score (nSPS) is 12.6. The molecule has 0 saturated carbocycles. The molecular weight excluding hydrogens is 252 g/mol. The molecule has 4 nitrogen and oxygen atoms in total. The fraction of sp³-hybridized carbons (Fsp3) is 0.438. The van der Waals surface area contributed by atoms with Crippen molar-refractivity contribution >= 4 is 16.9 Å². The lowest BCUT2D eigenvalue weighted by molar-refractivity contribution is -0.143. The summed E-state index contributed by atoms with van der Waals surface area (Å²) in [5, 5.41) is 4.52. The summed E-state index contributed by atoms with van der Waals surface area (Å²) in [6, 6.07) is 8.08. The Labute approximate surface area is 119 Å². The molecule has 0 aliphatic heterocycles. The maximum Gasteiger partial charge on any atom is 0.322 e. The number of rotatable bonds is 6. The largest absolute Gasteiger partial charge is 0.468 e. The number of aryl methyl sites for hydroxylation is 1. The number of fused-ring (bicyclic) bond motifs is 1. The Balaban J connectivity index is 2.02. The van der Waals surface area contributed by atoms with Gasteiger partial charge in [-0.1, -0.05) is 25.1 Å². The number of hydrogen-bond acceptors (Lipinski definition) is 3. The summed E-state index contributed by atoms with van der Waals surface area (Å²) in [4.78, 5) is 14.9. The lowest BCUT2D eigenvalue weighted by atomic mass is 10.1. The second-order valence-electron chi connectivity index (χ2n) is 4.96. The van der Waals surface area contributed by atoms with Gasteiger partial charge < -0.3 is 15.0 Å². The number of hydrogen-bond donors (Lipinski definition) is 2. The summed E-state index contributed by atoms with van der Waals surface area (Å²) >= 11 is 0. The third kappa shape index (κ3) is 3.02. The van der Waals surface area contributed by atoms with Crippen LogP contribution in [-0.4, -0.2) is 30.6 Å². The Bertz CT molecular complexity index is 589. The van der Waals surface area contributed by atoms with E-state index in [1.807, 2.05) is 13.0 Å². The third-order valence-corrected chi connectivity index (χ3v) is 3.69. The smallest absolute Gasteiger partial charge is 0.322 e. The van der Waals surface area contributed by atoms with E-state index in [2.05, 4.69) is 35.4 Å². The summed E-state index contributed by atoms with van der Waals surface area (Å²) in [6.07, 6.45) is 1.63. The Morgan fingerprint density at radius 1 is 1.40 bits per heavy atom. The topological polar surface area (TPSA) is 54.1 Å². The summed E-state index contributed by atoms with van der Waals surface area (Å²) in [6.45, 7) is 4.83. The molecule has 0 bridgehead atoms. The highest BCUT2D eigenvalue weighted by atomic mass is 16.5. The van der Waals surface area contributed by atoms with E-state index in [1.54, 1.807) is 0 Å². The minimum Gasteiger partial charge on any atom is -0.468 e. The molecule has 0 amide bonds. The molecule has 0 aliphatic rings. The van der Waals surface area contributed by atoms with Crippen molar-refractivity contribution in [3.05, 3.63) is 35.5 Å². The number of carbonyl (C=O) groups excluding carboxylic acids is 1. The molecule has 1 aromatic heterocycles. The van der Waals surface area contributed by atoms with Crippen LogP contribution in [-0.2, 0) is 16.0 Å². The SMILES string of the molecule is CC[C@H](NCCc1c(C)[nH]c2ccccc12)C(=O)OC. The number of H-pyrrole nitrogens is 1. The van der Waals surface area contributed by atoms with Crippen LogP contribution in [0.4, 0.5) is 0 Å². The number of para-hydroxylation sites is 1. The predicted octanol–water partition coefficient (Wildman–Crippen LogP) is 2.56. The average Bonchev–Trinajstić information content (AvgIpc) is 2.79. The minimum absolute atomic E-state index is 0.192. The molecule has 1 aromatic carbocycles. The number of methoxy groups -OCH3 is 1. The van der Waals surface area contributed by atoms with Gasteiger partial charge in [0.2, 0.25) is 0 Å². The summed E-state index contributed by atoms with van der Waals surface area (Å²) < 4.78 is 4.78. The first kappa shape index (κ1) is 14.6. The number of aromatic nitrogens is 1. The van der Waals surface area contributed by atoms with Gasteiger partial charge in [0.05, 0.1) is 7.11 Å². The highest BCUT2D eigenvalue weighted by Gasteiger charge is 2.16. The van der Waals surface area contributed by atoms with Gasteiger partial charge in [-0.15, -0.1) is 0 Å².